The molecule has 6 amide bonds. The van der Waals surface area contributed by atoms with E-state index in [0.717, 1.165) is 104 Å². The molecule has 0 saturated carbocycles. The predicted octanol–water partition coefficient (Wildman–Crippen LogP) is 8.53. The van der Waals surface area contributed by atoms with Crippen LogP contribution in [0.1, 0.15) is 193 Å². The van der Waals surface area contributed by atoms with Gasteiger partial charge in [-0.05, 0) is 148 Å². The second kappa shape index (κ2) is 35.4. The number of likely N-dealkylation sites (tertiary alicyclic amines) is 5. The van der Waals surface area contributed by atoms with Crippen LogP contribution in [0.4, 0.5) is 0 Å². The molecule has 0 bridgehead atoms. The van der Waals surface area contributed by atoms with Crippen molar-refractivity contribution < 1.29 is 38.2 Å². The Morgan fingerprint density at radius 2 is 0.629 bits per heavy atom. The number of hydrogen-bond donors (Lipinski definition) is 0. The van der Waals surface area contributed by atoms with Crippen LogP contribution in [0.15, 0.2) is 12.3 Å². The zero-order chi connectivity index (χ0) is 52.9. The maximum absolute atomic E-state index is 11.4. The van der Waals surface area contributed by atoms with Crippen LogP contribution in [-0.4, -0.2) is 184 Å². The molecule has 0 atom stereocenters. The first-order valence-corrected chi connectivity index (χ1v) is 27.4. The molecule has 0 aromatic heterocycles. The number of piperidine rings is 2. The Hall–Kier alpha value is -3.72. The summed E-state index contributed by atoms with van der Waals surface area (Å²) in [5, 5.41) is 0. The molecule has 0 N–H and O–H groups in total. The summed E-state index contributed by atoms with van der Waals surface area (Å²) in [7, 11) is 0. The molecule has 7 saturated heterocycles. The second-order valence-electron chi connectivity index (χ2n) is 21.3. The van der Waals surface area contributed by atoms with E-state index in [-0.39, 0.29) is 18.4 Å². The van der Waals surface area contributed by atoms with E-state index >= 15 is 0 Å². The maximum atomic E-state index is 11.4. The number of ether oxygens (including phenoxy) is 2. The van der Waals surface area contributed by atoms with Gasteiger partial charge in [0.15, 0.2) is 0 Å². The molecule has 7 rings (SSSR count). The zero-order valence-electron chi connectivity index (χ0n) is 47.0. The molecule has 0 aromatic rings. The summed E-state index contributed by atoms with van der Waals surface area (Å²) >= 11 is 0. The van der Waals surface area contributed by atoms with Crippen LogP contribution in [-0.2, 0) is 38.2 Å². The van der Waals surface area contributed by atoms with Crippen LogP contribution < -0.4 is 0 Å². The van der Waals surface area contributed by atoms with Crippen LogP contribution >= 0.6 is 0 Å². The van der Waals surface area contributed by atoms with Gasteiger partial charge in [-0.1, -0.05) is 13.0 Å². The number of amides is 6. The first-order chi connectivity index (χ1) is 33.0. The molecular formula is C55H103N7O8. The number of carbonyl (C=O) groups is 6. The number of hydrogen-bond acceptors (Lipinski definition) is 9. The molecule has 7 aliphatic heterocycles. The summed E-state index contributed by atoms with van der Waals surface area (Å²) in [6.45, 7) is 41.9. The van der Waals surface area contributed by atoms with E-state index < -0.39 is 0 Å². The van der Waals surface area contributed by atoms with Crippen molar-refractivity contribution in [2.45, 2.75) is 236 Å². The smallest absolute Gasteiger partial charge is 0.248 e. The van der Waals surface area contributed by atoms with Gasteiger partial charge in [-0.2, -0.15) is 0 Å². The van der Waals surface area contributed by atoms with Gasteiger partial charge in [0.1, 0.15) is 6.61 Å². The van der Waals surface area contributed by atoms with Gasteiger partial charge in [-0.3, -0.25) is 28.8 Å². The van der Waals surface area contributed by atoms with Gasteiger partial charge in [0.2, 0.25) is 35.4 Å². The van der Waals surface area contributed by atoms with Crippen molar-refractivity contribution >= 4 is 35.4 Å². The number of nitrogens with zero attached hydrogens (tertiary/aromatic N) is 7. The molecule has 7 heterocycles. The first-order valence-electron chi connectivity index (χ1n) is 27.4. The van der Waals surface area contributed by atoms with Crippen LogP contribution in [0, 0.1) is 0 Å². The van der Waals surface area contributed by atoms with E-state index in [1.165, 1.54) is 44.3 Å². The molecule has 406 valence electrons. The average Bonchev–Trinajstić information content (AvgIpc) is 3.43. The van der Waals surface area contributed by atoms with Crippen molar-refractivity contribution in [3.63, 3.8) is 0 Å². The standard InChI is InChI=1S/C9H17NO.2C8H15NO2.2C8H15NO.C7H13NO.C7H13N/c1-8(2)10-7-5-3-4-6-9(10)11;1-7(2)9-4-6-11-5-3-8(9)10;1-7(2)9-4-3-5-11-6-8(9)10;2*1-7(2)9-6-4-3-5-8(9)10;1-6(2)8-5-3-4-7(8)9;1-6(2)8-5-4-7(8)3/h8H,3-7H2,1-2H3;2*7H,3-6H2,1-2H3;2*7H,3-6H2,1-2H3;6H,3-5H2,1-2H3;6H,3-5H2,1-2H3. The van der Waals surface area contributed by atoms with Crippen molar-refractivity contribution in [1.82, 2.24) is 34.3 Å². The number of rotatable bonds is 7. The van der Waals surface area contributed by atoms with E-state index in [1.807, 2.05) is 57.1 Å². The highest BCUT2D eigenvalue weighted by molar-refractivity contribution is 5.79. The quantitative estimate of drug-likeness (QED) is 0.245. The van der Waals surface area contributed by atoms with Crippen molar-refractivity contribution in [3.8, 4) is 0 Å². The second-order valence-corrected chi connectivity index (χ2v) is 21.3. The lowest BCUT2D eigenvalue weighted by Crippen LogP contribution is -2.40. The van der Waals surface area contributed by atoms with E-state index in [1.54, 1.807) is 0 Å². The highest BCUT2D eigenvalue weighted by Crippen LogP contribution is 2.21. The average molecular weight is 990 g/mol. The van der Waals surface area contributed by atoms with Gasteiger partial charge in [0.25, 0.3) is 0 Å². The van der Waals surface area contributed by atoms with Gasteiger partial charge in [-0.25, -0.2) is 0 Å². The zero-order valence-corrected chi connectivity index (χ0v) is 47.0. The van der Waals surface area contributed by atoms with Gasteiger partial charge < -0.3 is 43.8 Å². The fourth-order valence-electron chi connectivity index (χ4n) is 9.02. The Kier molecular flexibility index (Phi) is 32.5. The topological polar surface area (TPSA) is 144 Å². The summed E-state index contributed by atoms with van der Waals surface area (Å²) in [6.07, 6.45) is 14.8. The lowest BCUT2D eigenvalue weighted by molar-refractivity contribution is -0.136. The molecule has 7 aliphatic rings. The van der Waals surface area contributed by atoms with Gasteiger partial charge in [0.05, 0.1) is 19.6 Å². The third-order valence-electron chi connectivity index (χ3n) is 13.3. The Morgan fingerprint density at radius 3 is 0.986 bits per heavy atom. The number of carbonyl (C=O) groups excluding carboxylic acids is 6. The largest absolute Gasteiger partial charge is 0.379 e. The van der Waals surface area contributed by atoms with E-state index in [2.05, 4.69) is 80.7 Å². The summed E-state index contributed by atoms with van der Waals surface area (Å²) in [4.78, 5) is 81.1. The van der Waals surface area contributed by atoms with E-state index in [0.29, 0.717) is 85.6 Å². The summed E-state index contributed by atoms with van der Waals surface area (Å²) in [5.41, 5.74) is 1.31. The molecule has 7 fully saturated rings. The Bertz CT molecular complexity index is 1440. The van der Waals surface area contributed by atoms with Crippen molar-refractivity contribution in [2.75, 3.05) is 72.2 Å². The predicted molar refractivity (Wildman–Crippen MR) is 283 cm³/mol. The lowest BCUT2D eigenvalue weighted by atomic mass is 10.1. The highest BCUT2D eigenvalue weighted by Gasteiger charge is 2.24. The molecule has 0 aromatic carbocycles. The molecular weight excluding hydrogens is 887 g/mol. The summed E-state index contributed by atoms with van der Waals surface area (Å²) < 4.78 is 10.3. The van der Waals surface area contributed by atoms with Crippen LogP contribution in [0.25, 0.3) is 0 Å². The first kappa shape index (κ1) is 64.3. The fourth-order valence-corrected chi connectivity index (χ4v) is 9.02. The lowest BCUT2D eigenvalue weighted by Gasteiger charge is -2.39. The Balaban J connectivity index is 0.000000409. The van der Waals surface area contributed by atoms with Crippen molar-refractivity contribution in [3.05, 3.63) is 12.3 Å². The minimum absolute atomic E-state index is 0.123. The van der Waals surface area contributed by atoms with Crippen LogP contribution in [0.3, 0.4) is 0 Å². The molecule has 0 radical (unpaired) electrons. The maximum Gasteiger partial charge on any atom is 0.248 e. The normalized spacial score (nSPS) is 20.3. The van der Waals surface area contributed by atoms with Gasteiger partial charge in [0, 0.05) is 133 Å². The minimum atomic E-state index is 0.123. The fraction of sp³-hybridized carbons (Fsp3) is 0.855. The Morgan fingerprint density at radius 1 is 0.300 bits per heavy atom. The molecule has 0 unspecified atom stereocenters. The highest BCUT2D eigenvalue weighted by atomic mass is 16.5. The third-order valence-corrected chi connectivity index (χ3v) is 13.3. The van der Waals surface area contributed by atoms with E-state index in [4.69, 9.17) is 9.47 Å². The van der Waals surface area contributed by atoms with Gasteiger partial charge in [-0.15, -0.1) is 0 Å². The van der Waals surface area contributed by atoms with E-state index in [9.17, 15) is 28.8 Å². The van der Waals surface area contributed by atoms with Crippen molar-refractivity contribution in [2.24, 2.45) is 0 Å². The molecule has 0 aliphatic carbocycles. The summed E-state index contributed by atoms with van der Waals surface area (Å²) in [5.74, 6) is 1.68. The van der Waals surface area contributed by atoms with Crippen molar-refractivity contribution in [1.29, 1.82) is 0 Å². The molecule has 70 heavy (non-hydrogen) atoms. The molecule has 15 heteroatoms. The van der Waals surface area contributed by atoms with Crippen LogP contribution in [0.5, 0.6) is 0 Å². The minimum Gasteiger partial charge on any atom is -0.379 e. The summed E-state index contributed by atoms with van der Waals surface area (Å²) in [6, 6.07) is 2.87. The van der Waals surface area contributed by atoms with Gasteiger partial charge >= 0.3 is 0 Å². The third kappa shape index (κ3) is 25.1. The SMILES string of the molecule is C=C1CCN1C(C)C.CC(C)N1CCCC1=O.CC(C)N1CCCCC1=O.CC(C)N1CCCCC1=O.CC(C)N1CCCCCC1=O.CC(C)N1CCCOCC1=O.CC(C)N1CCOCCC1=O. The molecule has 0 spiro atoms. The van der Waals surface area contributed by atoms with Crippen LogP contribution in [0.2, 0.25) is 0 Å². The monoisotopic (exact) mass is 990 g/mol. The molecule has 15 nitrogen and oxygen atoms in total. The Labute approximate surface area is 426 Å².